The number of para-hydroxylation sites is 1. The van der Waals surface area contributed by atoms with Crippen molar-refractivity contribution >= 4 is 17.3 Å². The number of anilines is 1. The molecule has 1 atom stereocenters. The van der Waals surface area contributed by atoms with Crippen LogP contribution in [0.2, 0.25) is 5.02 Å². The molecule has 5 nitrogen and oxygen atoms in total. The molecule has 0 aliphatic heterocycles. The molecule has 0 saturated carbocycles. The first-order valence-corrected chi connectivity index (χ1v) is 8.34. The van der Waals surface area contributed by atoms with Crippen LogP contribution in [-0.4, -0.2) is 16.4 Å². The number of hydrogen-bond acceptors (Lipinski definition) is 4. The summed E-state index contributed by atoms with van der Waals surface area (Å²) in [7, 11) is 1.52. The molecule has 3 aromatic rings. The zero-order valence-corrected chi connectivity index (χ0v) is 14.8. The molecule has 7 heteroatoms. The predicted molar refractivity (Wildman–Crippen MR) is 99.2 cm³/mol. The van der Waals surface area contributed by atoms with Gasteiger partial charge < -0.3 is 10.1 Å². The average Bonchev–Trinajstić information content (AvgIpc) is 2.67. The number of ether oxygens (including phenoxy) is 1. The van der Waals surface area contributed by atoms with Gasteiger partial charge in [-0.3, -0.25) is 4.79 Å². The van der Waals surface area contributed by atoms with E-state index in [0.717, 1.165) is 10.2 Å². The lowest BCUT2D eigenvalue weighted by atomic mass is 10.1. The van der Waals surface area contributed by atoms with E-state index < -0.39 is 11.4 Å². The van der Waals surface area contributed by atoms with Crippen molar-refractivity contribution in [3.8, 4) is 5.75 Å². The number of benzene rings is 2. The monoisotopic (exact) mass is 373 g/mol. The summed E-state index contributed by atoms with van der Waals surface area (Å²) in [6.45, 7) is 0.135. The fourth-order valence-electron chi connectivity index (χ4n) is 2.44. The lowest BCUT2D eigenvalue weighted by molar-refractivity contribution is 0.285. The average molecular weight is 374 g/mol. The zero-order valence-electron chi connectivity index (χ0n) is 14.0. The third-order valence-corrected chi connectivity index (χ3v) is 4.22. The first-order chi connectivity index (χ1) is 12.6. The number of aromatic nitrogens is 2. The van der Waals surface area contributed by atoms with E-state index >= 15 is 0 Å². The van der Waals surface area contributed by atoms with E-state index in [2.05, 4.69) is 10.4 Å². The van der Waals surface area contributed by atoms with Crippen LogP contribution in [-0.2, 0) is 7.05 Å². The van der Waals surface area contributed by atoms with Crippen molar-refractivity contribution in [2.24, 2.45) is 7.05 Å². The van der Waals surface area contributed by atoms with E-state index in [9.17, 15) is 9.18 Å². The molecule has 0 aliphatic rings. The highest BCUT2D eigenvalue weighted by atomic mass is 35.5. The molecule has 0 aliphatic carbocycles. The fourth-order valence-corrected chi connectivity index (χ4v) is 2.67. The Morgan fingerprint density at radius 1 is 1.19 bits per heavy atom. The van der Waals surface area contributed by atoms with Gasteiger partial charge in [0.25, 0.3) is 5.56 Å². The highest BCUT2D eigenvalue weighted by Crippen LogP contribution is 2.25. The van der Waals surface area contributed by atoms with Crippen molar-refractivity contribution in [2.75, 3.05) is 11.9 Å². The normalized spacial score (nSPS) is 11.8. The van der Waals surface area contributed by atoms with Crippen LogP contribution >= 0.6 is 11.6 Å². The number of rotatable bonds is 6. The molecule has 2 aromatic carbocycles. The molecule has 3 rings (SSSR count). The van der Waals surface area contributed by atoms with Gasteiger partial charge in [0.1, 0.15) is 11.6 Å². The Hall–Kier alpha value is -2.86. The molecule has 0 fully saturated rings. The van der Waals surface area contributed by atoms with E-state index in [1.165, 1.54) is 19.3 Å². The van der Waals surface area contributed by atoms with Gasteiger partial charge in [-0.25, -0.2) is 9.07 Å². The SMILES string of the molecule is Cn1ncc(NC(COc2ccccc2F)c2ccccc2)c(Cl)c1=O. The molecule has 1 unspecified atom stereocenters. The molecule has 0 bridgehead atoms. The van der Waals surface area contributed by atoms with Crippen LogP contribution in [0.4, 0.5) is 10.1 Å². The minimum Gasteiger partial charge on any atom is -0.488 e. The van der Waals surface area contributed by atoms with Gasteiger partial charge in [-0.1, -0.05) is 54.1 Å². The predicted octanol–water partition coefficient (Wildman–Crippen LogP) is 3.81. The van der Waals surface area contributed by atoms with Crippen molar-refractivity contribution in [1.82, 2.24) is 9.78 Å². The summed E-state index contributed by atoms with van der Waals surface area (Å²) in [5.74, 6) is -0.281. The summed E-state index contributed by atoms with van der Waals surface area (Å²) in [5.41, 5.74) is 0.889. The highest BCUT2D eigenvalue weighted by Gasteiger charge is 2.17. The number of nitrogens with zero attached hydrogens (tertiary/aromatic N) is 2. The van der Waals surface area contributed by atoms with E-state index in [1.807, 2.05) is 30.3 Å². The summed E-state index contributed by atoms with van der Waals surface area (Å²) in [6.07, 6.45) is 1.47. The van der Waals surface area contributed by atoms with Gasteiger partial charge in [-0.15, -0.1) is 0 Å². The molecule has 0 amide bonds. The van der Waals surface area contributed by atoms with E-state index in [0.29, 0.717) is 5.69 Å². The van der Waals surface area contributed by atoms with Gasteiger partial charge in [0.15, 0.2) is 11.6 Å². The maximum Gasteiger partial charge on any atom is 0.287 e. The van der Waals surface area contributed by atoms with Crippen molar-refractivity contribution < 1.29 is 9.13 Å². The quantitative estimate of drug-likeness (QED) is 0.714. The molecule has 1 N–H and O–H groups in total. The standard InChI is InChI=1S/C19H17ClFN3O2/c1-24-19(25)18(20)15(11-22-24)23-16(13-7-3-2-4-8-13)12-26-17-10-6-5-9-14(17)21/h2-11,16,23H,12H2,1H3. The lowest BCUT2D eigenvalue weighted by Crippen LogP contribution is -2.24. The number of aryl methyl sites for hydroxylation is 1. The topological polar surface area (TPSA) is 56.1 Å². The highest BCUT2D eigenvalue weighted by molar-refractivity contribution is 6.32. The zero-order chi connectivity index (χ0) is 18.5. The molecule has 0 saturated heterocycles. The summed E-state index contributed by atoms with van der Waals surface area (Å²) in [6, 6.07) is 15.3. The van der Waals surface area contributed by atoms with E-state index in [4.69, 9.17) is 16.3 Å². The van der Waals surface area contributed by atoms with Gasteiger partial charge in [-0.05, 0) is 17.7 Å². The van der Waals surface area contributed by atoms with Crippen LogP contribution in [0, 0.1) is 5.82 Å². The molecule has 0 spiro atoms. The molecular weight excluding hydrogens is 357 g/mol. The molecule has 0 radical (unpaired) electrons. The van der Waals surface area contributed by atoms with E-state index in [-0.39, 0.29) is 23.4 Å². The van der Waals surface area contributed by atoms with Crippen LogP contribution < -0.4 is 15.6 Å². The largest absolute Gasteiger partial charge is 0.488 e. The molecule has 1 aromatic heterocycles. The van der Waals surface area contributed by atoms with Gasteiger partial charge >= 0.3 is 0 Å². The number of hydrogen-bond donors (Lipinski definition) is 1. The smallest absolute Gasteiger partial charge is 0.287 e. The third kappa shape index (κ3) is 4.03. The van der Waals surface area contributed by atoms with Crippen molar-refractivity contribution in [2.45, 2.75) is 6.04 Å². The minimum atomic E-state index is -0.437. The van der Waals surface area contributed by atoms with Crippen LogP contribution in [0.5, 0.6) is 5.75 Å². The lowest BCUT2D eigenvalue weighted by Gasteiger charge is -2.21. The first kappa shape index (κ1) is 17.9. The maximum absolute atomic E-state index is 13.8. The van der Waals surface area contributed by atoms with Crippen LogP contribution in [0.3, 0.4) is 0 Å². The van der Waals surface area contributed by atoms with Crippen molar-refractivity contribution in [3.63, 3.8) is 0 Å². The number of halogens is 2. The van der Waals surface area contributed by atoms with Gasteiger partial charge in [-0.2, -0.15) is 5.10 Å². The Morgan fingerprint density at radius 3 is 2.62 bits per heavy atom. The van der Waals surface area contributed by atoms with Crippen molar-refractivity contribution in [3.05, 3.63) is 87.6 Å². The molecule has 26 heavy (non-hydrogen) atoms. The summed E-state index contributed by atoms with van der Waals surface area (Å²) < 4.78 is 20.6. The molecule has 134 valence electrons. The van der Waals surface area contributed by atoms with Crippen LogP contribution in [0.25, 0.3) is 0 Å². The number of nitrogens with one attached hydrogen (secondary N) is 1. The van der Waals surface area contributed by atoms with Gasteiger partial charge in [0.05, 0.1) is 17.9 Å². The first-order valence-electron chi connectivity index (χ1n) is 7.97. The van der Waals surface area contributed by atoms with Crippen LogP contribution in [0.15, 0.2) is 65.6 Å². The fraction of sp³-hybridized carbons (Fsp3) is 0.158. The second-order valence-corrected chi connectivity index (χ2v) is 6.03. The summed E-state index contributed by atoms with van der Waals surface area (Å²) >= 11 is 6.14. The molecule has 1 heterocycles. The van der Waals surface area contributed by atoms with Gasteiger partial charge in [0.2, 0.25) is 0 Å². The minimum absolute atomic E-state index is 0.0364. The Kier molecular flexibility index (Phi) is 5.53. The summed E-state index contributed by atoms with van der Waals surface area (Å²) in [5, 5.41) is 7.18. The Balaban J connectivity index is 1.86. The van der Waals surface area contributed by atoms with Crippen molar-refractivity contribution in [1.29, 1.82) is 0 Å². The Bertz CT molecular complexity index is 947. The Labute approximate surface area is 155 Å². The maximum atomic E-state index is 13.8. The summed E-state index contributed by atoms with van der Waals surface area (Å²) in [4.78, 5) is 12.0. The van der Waals surface area contributed by atoms with Crippen LogP contribution in [0.1, 0.15) is 11.6 Å². The Morgan fingerprint density at radius 2 is 1.88 bits per heavy atom. The van der Waals surface area contributed by atoms with E-state index in [1.54, 1.807) is 18.2 Å². The third-order valence-electron chi connectivity index (χ3n) is 3.85. The van der Waals surface area contributed by atoms with Gasteiger partial charge in [0, 0.05) is 7.05 Å². The second kappa shape index (κ2) is 8.01. The second-order valence-electron chi connectivity index (χ2n) is 5.65. The molecular formula is C19H17ClFN3O2.